The molecule has 0 unspecified atom stereocenters. The second-order valence-corrected chi connectivity index (χ2v) is 9.19. The summed E-state index contributed by atoms with van der Waals surface area (Å²) < 4.78 is 5.99. The normalized spacial score (nSPS) is 11.6. The SMILES string of the molecule is CNC(=O)[C@@H](Cc1ccccc1)N(Cc1ccc(Cl)cc1Cl)C(=O)COc1cccc2ccccc12. The van der Waals surface area contributed by atoms with Gasteiger partial charge in [-0.3, -0.25) is 9.59 Å². The molecule has 0 fully saturated rings. The van der Waals surface area contributed by atoms with Gasteiger partial charge >= 0.3 is 0 Å². The quantitative estimate of drug-likeness (QED) is 0.298. The van der Waals surface area contributed by atoms with E-state index in [2.05, 4.69) is 5.32 Å². The van der Waals surface area contributed by atoms with E-state index in [0.717, 1.165) is 16.3 Å². The molecule has 0 aromatic heterocycles. The molecule has 184 valence electrons. The predicted molar refractivity (Wildman–Crippen MR) is 144 cm³/mol. The minimum absolute atomic E-state index is 0.124. The third-order valence-corrected chi connectivity index (χ3v) is 6.56. The summed E-state index contributed by atoms with van der Waals surface area (Å²) in [5.41, 5.74) is 1.61. The smallest absolute Gasteiger partial charge is 0.261 e. The molecule has 0 saturated heterocycles. The molecule has 0 aliphatic carbocycles. The first-order chi connectivity index (χ1) is 17.5. The van der Waals surface area contributed by atoms with Crippen molar-refractivity contribution in [3.63, 3.8) is 0 Å². The molecule has 0 aliphatic rings. The molecular formula is C29H26Cl2N2O3. The Morgan fingerprint density at radius 2 is 1.64 bits per heavy atom. The summed E-state index contributed by atoms with van der Waals surface area (Å²) in [6, 6.07) is 27.4. The lowest BCUT2D eigenvalue weighted by Gasteiger charge is -2.31. The summed E-state index contributed by atoms with van der Waals surface area (Å²) in [4.78, 5) is 28.2. The van der Waals surface area contributed by atoms with Crippen LogP contribution in [0.5, 0.6) is 5.75 Å². The summed E-state index contributed by atoms with van der Waals surface area (Å²) >= 11 is 12.5. The van der Waals surface area contributed by atoms with Crippen molar-refractivity contribution < 1.29 is 14.3 Å². The number of fused-ring (bicyclic) bond motifs is 1. The number of nitrogens with one attached hydrogen (secondary N) is 1. The number of likely N-dealkylation sites (N-methyl/N-ethyl adjacent to an activating group) is 1. The lowest BCUT2D eigenvalue weighted by molar-refractivity contribution is -0.142. The lowest BCUT2D eigenvalue weighted by atomic mass is 10.0. The summed E-state index contributed by atoms with van der Waals surface area (Å²) in [6.07, 6.45) is 0.339. The molecule has 0 heterocycles. The molecule has 5 nitrogen and oxygen atoms in total. The number of ether oxygens (including phenoxy) is 1. The maximum atomic E-state index is 13.6. The molecule has 4 aromatic carbocycles. The van der Waals surface area contributed by atoms with Crippen LogP contribution in [0.2, 0.25) is 10.0 Å². The Balaban J connectivity index is 1.64. The number of hydrogen-bond donors (Lipinski definition) is 1. The fourth-order valence-corrected chi connectivity index (χ4v) is 4.57. The zero-order valence-corrected chi connectivity index (χ0v) is 21.3. The molecule has 1 N–H and O–H groups in total. The number of halogens is 2. The Bertz CT molecular complexity index is 1360. The van der Waals surface area contributed by atoms with Gasteiger partial charge in [0.2, 0.25) is 5.91 Å². The molecule has 36 heavy (non-hydrogen) atoms. The van der Waals surface area contributed by atoms with E-state index in [0.29, 0.717) is 27.8 Å². The van der Waals surface area contributed by atoms with Crippen LogP contribution in [0.3, 0.4) is 0 Å². The molecule has 1 atom stereocenters. The molecule has 2 amide bonds. The van der Waals surface area contributed by atoms with Crippen molar-refractivity contribution in [2.24, 2.45) is 0 Å². The highest BCUT2D eigenvalue weighted by Gasteiger charge is 2.30. The Labute approximate surface area is 220 Å². The minimum atomic E-state index is -0.771. The summed E-state index contributed by atoms with van der Waals surface area (Å²) in [7, 11) is 1.56. The van der Waals surface area contributed by atoms with Gasteiger partial charge in [0, 0.05) is 35.4 Å². The number of hydrogen-bond acceptors (Lipinski definition) is 3. The number of nitrogens with zero attached hydrogens (tertiary/aromatic N) is 1. The van der Waals surface area contributed by atoms with Gasteiger partial charge in [0.15, 0.2) is 6.61 Å². The highest BCUT2D eigenvalue weighted by Crippen LogP contribution is 2.27. The molecule has 0 aliphatic heterocycles. The van der Waals surface area contributed by atoms with Gasteiger partial charge < -0.3 is 15.0 Å². The van der Waals surface area contributed by atoms with Crippen molar-refractivity contribution in [3.8, 4) is 5.75 Å². The molecule has 0 saturated carbocycles. The zero-order valence-electron chi connectivity index (χ0n) is 19.8. The number of benzene rings is 4. The van der Waals surface area contributed by atoms with E-state index in [-0.39, 0.29) is 25.0 Å². The van der Waals surface area contributed by atoms with E-state index in [9.17, 15) is 9.59 Å². The third-order valence-electron chi connectivity index (χ3n) is 5.97. The lowest BCUT2D eigenvalue weighted by Crippen LogP contribution is -2.51. The first kappa shape index (κ1) is 25.5. The van der Waals surface area contributed by atoms with Crippen LogP contribution in [-0.2, 0) is 22.6 Å². The number of amides is 2. The van der Waals surface area contributed by atoms with Crippen LogP contribution in [-0.4, -0.2) is 36.4 Å². The fourth-order valence-electron chi connectivity index (χ4n) is 4.10. The van der Waals surface area contributed by atoms with Crippen molar-refractivity contribution >= 4 is 45.8 Å². The second kappa shape index (κ2) is 11.9. The van der Waals surface area contributed by atoms with E-state index < -0.39 is 6.04 Å². The van der Waals surface area contributed by atoms with Crippen LogP contribution < -0.4 is 10.1 Å². The Kier molecular flexibility index (Phi) is 8.47. The maximum Gasteiger partial charge on any atom is 0.261 e. The van der Waals surface area contributed by atoms with Gasteiger partial charge in [-0.2, -0.15) is 0 Å². The summed E-state index contributed by atoms with van der Waals surface area (Å²) in [5, 5.41) is 5.54. The van der Waals surface area contributed by atoms with Gasteiger partial charge in [0.25, 0.3) is 5.91 Å². The Hall–Kier alpha value is -3.54. The van der Waals surface area contributed by atoms with E-state index in [1.54, 1.807) is 25.2 Å². The van der Waals surface area contributed by atoms with Crippen LogP contribution >= 0.6 is 23.2 Å². The molecule has 4 rings (SSSR count). The summed E-state index contributed by atoms with van der Waals surface area (Å²) in [6.45, 7) is -0.111. The monoisotopic (exact) mass is 520 g/mol. The minimum Gasteiger partial charge on any atom is -0.483 e. The average molecular weight is 521 g/mol. The van der Waals surface area contributed by atoms with Crippen LogP contribution in [0, 0.1) is 0 Å². The first-order valence-electron chi connectivity index (χ1n) is 11.6. The standard InChI is InChI=1S/C29H26Cl2N2O3/c1-32-29(35)26(16-20-8-3-2-4-9-20)33(18-22-14-15-23(30)17-25(22)31)28(34)19-36-27-13-7-11-21-10-5-6-12-24(21)27/h2-15,17,26H,16,18-19H2,1H3,(H,32,35)/t26-/m1/s1. The molecule has 0 radical (unpaired) electrons. The number of rotatable bonds is 9. The van der Waals surface area contributed by atoms with Gasteiger partial charge in [-0.05, 0) is 34.7 Å². The van der Waals surface area contributed by atoms with Crippen molar-refractivity contribution in [1.29, 1.82) is 0 Å². The van der Waals surface area contributed by atoms with Crippen molar-refractivity contribution in [2.45, 2.75) is 19.0 Å². The van der Waals surface area contributed by atoms with Gasteiger partial charge in [0.1, 0.15) is 11.8 Å². The van der Waals surface area contributed by atoms with Gasteiger partial charge in [-0.15, -0.1) is 0 Å². The number of carbonyl (C=O) groups excluding carboxylic acids is 2. The maximum absolute atomic E-state index is 13.6. The third kappa shape index (κ3) is 6.17. The van der Waals surface area contributed by atoms with Crippen LogP contribution in [0.1, 0.15) is 11.1 Å². The van der Waals surface area contributed by atoms with E-state index >= 15 is 0 Å². The second-order valence-electron chi connectivity index (χ2n) is 8.34. The highest BCUT2D eigenvalue weighted by molar-refractivity contribution is 6.35. The molecule has 0 bridgehead atoms. The van der Waals surface area contributed by atoms with Crippen LogP contribution in [0.15, 0.2) is 91.0 Å². The van der Waals surface area contributed by atoms with E-state index in [1.165, 1.54) is 4.90 Å². The summed E-state index contributed by atoms with van der Waals surface area (Å²) in [5.74, 6) is -0.00795. The van der Waals surface area contributed by atoms with Gasteiger partial charge in [-0.25, -0.2) is 0 Å². The van der Waals surface area contributed by atoms with Crippen LogP contribution in [0.4, 0.5) is 0 Å². The van der Waals surface area contributed by atoms with Gasteiger partial charge in [-0.1, -0.05) is 96.0 Å². The Morgan fingerprint density at radius 3 is 2.39 bits per heavy atom. The Morgan fingerprint density at radius 1 is 0.917 bits per heavy atom. The molecule has 4 aromatic rings. The topological polar surface area (TPSA) is 58.6 Å². The zero-order chi connectivity index (χ0) is 25.5. The number of carbonyl (C=O) groups is 2. The highest BCUT2D eigenvalue weighted by atomic mass is 35.5. The van der Waals surface area contributed by atoms with Gasteiger partial charge in [0.05, 0.1) is 0 Å². The molecular weight excluding hydrogens is 495 g/mol. The first-order valence-corrected chi connectivity index (χ1v) is 12.3. The average Bonchev–Trinajstić information content (AvgIpc) is 2.90. The van der Waals surface area contributed by atoms with Crippen molar-refractivity contribution in [3.05, 3.63) is 112 Å². The van der Waals surface area contributed by atoms with E-state index in [4.69, 9.17) is 27.9 Å². The van der Waals surface area contributed by atoms with E-state index in [1.807, 2.05) is 72.8 Å². The molecule has 7 heteroatoms. The predicted octanol–water partition coefficient (Wildman–Crippen LogP) is 5.91. The largest absolute Gasteiger partial charge is 0.483 e. The molecule has 0 spiro atoms. The van der Waals surface area contributed by atoms with Crippen LogP contribution in [0.25, 0.3) is 10.8 Å². The van der Waals surface area contributed by atoms with Crippen molar-refractivity contribution in [2.75, 3.05) is 13.7 Å². The van der Waals surface area contributed by atoms with Crippen molar-refractivity contribution in [1.82, 2.24) is 10.2 Å². The fraction of sp³-hybridized carbons (Fsp3) is 0.172.